The molecule has 0 saturated carbocycles. The van der Waals surface area contributed by atoms with Crippen molar-refractivity contribution in [2.75, 3.05) is 13.2 Å². The minimum absolute atomic E-state index is 0.0159. The standard InChI is InChI=1S/C12H21NO5/c1-11(2,3)18-10(16)13-8(9(14)15)6-17-7-12(13,4)5/h8H,6-7H2,1-5H3,(H,14,15). The van der Waals surface area contributed by atoms with Crippen molar-refractivity contribution in [1.29, 1.82) is 0 Å². The number of rotatable bonds is 1. The Balaban J connectivity index is 2.97. The molecule has 1 rings (SSSR count). The number of ether oxygens (including phenoxy) is 2. The van der Waals surface area contributed by atoms with E-state index in [1.165, 1.54) is 4.90 Å². The van der Waals surface area contributed by atoms with Gasteiger partial charge in [0.05, 0.1) is 18.8 Å². The van der Waals surface area contributed by atoms with E-state index in [0.717, 1.165) is 0 Å². The molecule has 1 aliphatic heterocycles. The Bertz CT molecular complexity index is 345. The second-order valence-corrected chi connectivity index (χ2v) is 6.03. The summed E-state index contributed by atoms with van der Waals surface area (Å²) in [6.45, 7) is 9.02. The first-order valence-corrected chi connectivity index (χ1v) is 5.87. The highest BCUT2D eigenvalue weighted by Crippen LogP contribution is 2.26. The normalized spacial score (nSPS) is 23.6. The molecule has 1 unspecified atom stereocenters. The van der Waals surface area contributed by atoms with Crippen LogP contribution in [0.25, 0.3) is 0 Å². The SMILES string of the molecule is CC(C)(C)OC(=O)N1C(C(=O)O)COCC1(C)C. The summed E-state index contributed by atoms with van der Waals surface area (Å²) < 4.78 is 10.5. The summed E-state index contributed by atoms with van der Waals surface area (Å²) >= 11 is 0. The number of carboxylic acids is 1. The predicted molar refractivity (Wildman–Crippen MR) is 64.4 cm³/mol. The highest BCUT2D eigenvalue weighted by Gasteiger charge is 2.45. The number of carboxylic acid groups (broad SMARTS) is 1. The van der Waals surface area contributed by atoms with Crippen molar-refractivity contribution >= 4 is 12.1 Å². The molecule has 0 radical (unpaired) electrons. The maximum Gasteiger partial charge on any atom is 0.411 e. The Labute approximate surface area is 107 Å². The van der Waals surface area contributed by atoms with Crippen LogP contribution in [0.3, 0.4) is 0 Å². The van der Waals surface area contributed by atoms with E-state index in [9.17, 15) is 9.59 Å². The van der Waals surface area contributed by atoms with Crippen LogP contribution in [-0.2, 0) is 14.3 Å². The molecular weight excluding hydrogens is 238 g/mol. The van der Waals surface area contributed by atoms with Crippen molar-refractivity contribution in [3.8, 4) is 0 Å². The molecule has 1 N–H and O–H groups in total. The molecule has 1 atom stereocenters. The fourth-order valence-corrected chi connectivity index (χ4v) is 1.85. The topological polar surface area (TPSA) is 76.1 Å². The number of carbonyl (C=O) groups is 2. The van der Waals surface area contributed by atoms with Crippen LogP contribution in [-0.4, -0.2) is 52.5 Å². The fraction of sp³-hybridized carbons (Fsp3) is 0.833. The fourth-order valence-electron chi connectivity index (χ4n) is 1.85. The molecular formula is C12H21NO5. The van der Waals surface area contributed by atoms with Crippen molar-refractivity contribution in [2.24, 2.45) is 0 Å². The van der Waals surface area contributed by atoms with Gasteiger partial charge in [-0.1, -0.05) is 0 Å². The maximum atomic E-state index is 12.1. The van der Waals surface area contributed by atoms with Gasteiger partial charge in [0, 0.05) is 0 Å². The number of carbonyl (C=O) groups excluding carboxylic acids is 1. The average molecular weight is 259 g/mol. The summed E-state index contributed by atoms with van der Waals surface area (Å²) in [6, 6.07) is -1.01. The molecule has 0 aromatic heterocycles. The first-order valence-electron chi connectivity index (χ1n) is 5.87. The molecule has 0 bridgehead atoms. The summed E-state index contributed by atoms with van der Waals surface area (Å²) in [5.41, 5.74) is -1.36. The number of aliphatic carboxylic acids is 1. The lowest BCUT2D eigenvalue weighted by molar-refractivity contribution is -0.157. The molecule has 6 heteroatoms. The van der Waals surface area contributed by atoms with Gasteiger partial charge in [0.25, 0.3) is 0 Å². The Morgan fingerprint density at radius 3 is 2.39 bits per heavy atom. The lowest BCUT2D eigenvalue weighted by Gasteiger charge is -2.45. The van der Waals surface area contributed by atoms with Crippen molar-refractivity contribution in [2.45, 2.75) is 51.8 Å². The smallest absolute Gasteiger partial charge is 0.411 e. The number of hydrogen-bond donors (Lipinski definition) is 1. The molecule has 18 heavy (non-hydrogen) atoms. The summed E-state index contributed by atoms with van der Waals surface area (Å²) in [4.78, 5) is 24.6. The zero-order valence-corrected chi connectivity index (χ0v) is 11.5. The second-order valence-electron chi connectivity index (χ2n) is 6.03. The molecule has 0 aromatic rings. The first kappa shape index (κ1) is 14.8. The Hall–Kier alpha value is -1.30. The Morgan fingerprint density at radius 2 is 1.94 bits per heavy atom. The van der Waals surface area contributed by atoms with E-state index < -0.39 is 29.2 Å². The molecule has 0 spiro atoms. The van der Waals surface area contributed by atoms with Gasteiger partial charge in [-0.25, -0.2) is 9.59 Å². The second kappa shape index (κ2) is 4.76. The van der Waals surface area contributed by atoms with Gasteiger partial charge >= 0.3 is 12.1 Å². The van der Waals surface area contributed by atoms with Crippen LogP contribution in [0, 0.1) is 0 Å². The van der Waals surface area contributed by atoms with Crippen LogP contribution in [0.2, 0.25) is 0 Å². The van der Waals surface area contributed by atoms with Crippen molar-refractivity contribution in [3.63, 3.8) is 0 Å². The van der Waals surface area contributed by atoms with Crippen molar-refractivity contribution in [1.82, 2.24) is 4.90 Å². The summed E-state index contributed by atoms with van der Waals surface area (Å²) in [7, 11) is 0. The molecule has 6 nitrogen and oxygen atoms in total. The van der Waals surface area contributed by atoms with Gasteiger partial charge in [-0.05, 0) is 34.6 Å². The summed E-state index contributed by atoms with van der Waals surface area (Å²) in [5.74, 6) is -1.09. The van der Waals surface area contributed by atoms with Crippen molar-refractivity contribution < 1.29 is 24.2 Å². The van der Waals surface area contributed by atoms with E-state index in [1.807, 2.05) is 0 Å². The molecule has 1 fully saturated rings. The molecule has 1 aliphatic rings. The Kier molecular flexibility index (Phi) is 3.90. The number of hydrogen-bond acceptors (Lipinski definition) is 4. The first-order chi connectivity index (χ1) is 8.04. The summed E-state index contributed by atoms with van der Waals surface area (Å²) in [5, 5.41) is 9.16. The molecule has 1 amide bonds. The van der Waals surface area contributed by atoms with E-state index >= 15 is 0 Å². The number of morpholine rings is 1. The van der Waals surface area contributed by atoms with Crippen LogP contribution in [0.5, 0.6) is 0 Å². The van der Waals surface area contributed by atoms with Gasteiger partial charge in [-0.15, -0.1) is 0 Å². The van der Waals surface area contributed by atoms with Crippen LogP contribution in [0.4, 0.5) is 4.79 Å². The lowest BCUT2D eigenvalue weighted by atomic mass is 9.99. The largest absolute Gasteiger partial charge is 0.480 e. The molecule has 0 aliphatic carbocycles. The van der Waals surface area contributed by atoms with Gasteiger partial charge in [-0.2, -0.15) is 0 Å². The van der Waals surface area contributed by atoms with E-state index in [4.69, 9.17) is 14.6 Å². The minimum atomic E-state index is -1.09. The monoisotopic (exact) mass is 259 g/mol. The molecule has 0 aromatic carbocycles. The molecule has 104 valence electrons. The van der Waals surface area contributed by atoms with E-state index in [1.54, 1.807) is 34.6 Å². The van der Waals surface area contributed by atoms with Gasteiger partial charge in [0.15, 0.2) is 6.04 Å². The molecule has 1 saturated heterocycles. The van der Waals surface area contributed by atoms with Crippen LogP contribution < -0.4 is 0 Å². The van der Waals surface area contributed by atoms with Crippen LogP contribution >= 0.6 is 0 Å². The third-order valence-corrected chi connectivity index (χ3v) is 2.57. The highest BCUT2D eigenvalue weighted by atomic mass is 16.6. The summed E-state index contributed by atoms with van der Waals surface area (Å²) in [6.07, 6.45) is -0.622. The quantitative estimate of drug-likeness (QED) is 0.772. The van der Waals surface area contributed by atoms with Gasteiger partial charge < -0.3 is 14.6 Å². The minimum Gasteiger partial charge on any atom is -0.480 e. The zero-order chi connectivity index (χ0) is 14.1. The maximum absolute atomic E-state index is 12.1. The highest BCUT2D eigenvalue weighted by molar-refractivity contribution is 5.81. The van der Waals surface area contributed by atoms with Crippen LogP contribution in [0.1, 0.15) is 34.6 Å². The Morgan fingerprint density at radius 1 is 1.39 bits per heavy atom. The van der Waals surface area contributed by atoms with Crippen molar-refractivity contribution in [3.05, 3.63) is 0 Å². The average Bonchev–Trinajstić information content (AvgIpc) is 2.12. The number of nitrogens with zero attached hydrogens (tertiary/aromatic N) is 1. The van der Waals surface area contributed by atoms with Gasteiger partial charge in [0.2, 0.25) is 0 Å². The van der Waals surface area contributed by atoms with Crippen LogP contribution in [0.15, 0.2) is 0 Å². The lowest BCUT2D eigenvalue weighted by Crippen LogP contribution is -2.63. The van der Waals surface area contributed by atoms with E-state index in [2.05, 4.69) is 0 Å². The molecule has 1 heterocycles. The third-order valence-electron chi connectivity index (χ3n) is 2.57. The van der Waals surface area contributed by atoms with Gasteiger partial charge in [0.1, 0.15) is 5.60 Å². The van der Waals surface area contributed by atoms with E-state index in [-0.39, 0.29) is 13.2 Å². The predicted octanol–water partition coefficient (Wildman–Crippen LogP) is 1.49. The third kappa shape index (κ3) is 3.35. The zero-order valence-electron chi connectivity index (χ0n) is 11.5. The van der Waals surface area contributed by atoms with E-state index in [0.29, 0.717) is 0 Å². The number of amides is 1. The van der Waals surface area contributed by atoms with Gasteiger partial charge in [-0.3, -0.25) is 4.90 Å².